The summed E-state index contributed by atoms with van der Waals surface area (Å²) in [5, 5.41) is 3.05. The van der Waals surface area contributed by atoms with Gasteiger partial charge in [0.2, 0.25) is 0 Å². The molecule has 0 spiro atoms. The van der Waals surface area contributed by atoms with E-state index in [1.54, 1.807) is 3.59 Å². The number of allylic oxidation sites excluding steroid dienone is 1. The molecule has 0 unspecified atom stereocenters. The van der Waals surface area contributed by atoms with Crippen molar-refractivity contribution in [1.82, 2.24) is 5.32 Å². The molecule has 0 saturated carbocycles. The van der Waals surface area contributed by atoms with Crippen LogP contribution in [0.2, 0.25) is 13.3 Å². The molecule has 0 heterocycles. The molecule has 148 valence electrons. The van der Waals surface area contributed by atoms with Gasteiger partial charge in [0, 0.05) is 0 Å². The second kappa shape index (κ2) is 13.0. The van der Waals surface area contributed by atoms with Crippen LogP contribution in [0.1, 0.15) is 87.0 Å². The van der Waals surface area contributed by atoms with Crippen molar-refractivity contribution in [2.75, 3.05) is 6.54 Å². The van der Waals surface area contributed by atoms with Crippen molar-refractivity contribution < 1.29 is 9.53 Å². The van der Waals surface area contributed by atoms with E-state index in [0.717, 1.165) is 0 Å². The minimum atomic E-state index is -2.42. The average molecular weight is 460 g/mol. The van der Waals surface area contributed by atoms with E-state index in [1.165, 1.54) is 51.8 Å². The number of unbranched alkanes of at least 4 members (excludes halogenated alkanes) is 3. The van der Waals surface area contributed by atoms with Crippen molar-refractivity contribution in [1.29, 1.82) is 0 Å². The number of ether oxygens (including phenoxy) is 1. The van der Waals surface area contributed by atoms with E-state index in [9.17, 15) is 4.79 Å². The number of rotatable bonds is 12. The summed E-state index contributed by atoms with van der Waals surface area (Å²) in [6.45, 7) is 15.5. The third-order valence-electron chi connectivity index (χ3n) is 4.88. The van der Waals surface area contributed by atoms with E-state index in [1.807, 2.05) is 20.8 Å². The molecule has 0 bridgehead atoms. The Labute approximate surface area is 161 Å². The SMILES string of the molecule is C/C=[C](/CNC(=O)OC(C)(C)C)[Sn]([CH2]CCC)([CH2]CCC)[CH2]CCC. The minimum absolute atomic E-state index is 0.284. The van der Waals surface area contributed by atoms with Crippen LogP contribution >= 0.6 is 0 Å². The van der Waals surface area contributed by atoms with Crippen LogP contribution in [0.15, 0.2) is 9.67 Å². The van der Waals surface area contributed by atoms with Gasteiger partial charge in [0.25, 0.3) is 0 Å². The van der Waals surface area contributed by atoms with Gasteiger partial charge in [-0.05, 0) is 0 Å². The second-order valence-corrected chi connectivity index (χ2v) is 21.7. The number of carbonyl (C=O) groups excluding carboxylic acids is 1. The van der Waals surface area contributed by atoms with Gasteiger partial charge in [-0.15, -0.1) is 0 Å². The Balaban J connectivity index is 5.20. The third-order valence-corrected chi connectivity index (χ3v) is 21.3. The molecule has 0 radical (unpaired) electrons. The molecule has 4 heteroatoms. The molecule has 0 atom stereocenters. The Morgan fingerprint density at radius 2 is 1.40 bits per heavy atom. The molecule has 0 aromatic heterocycles. The number of nitrogens with one attached hydrogen (secondary N) is 1. The summed E-state index contributed by atoms with van der Waals surface area (Å²) in [5.41, 5.74) is -0.437. The maximum absolute atomic E-state index is 12.1. The first-order valence-electron chi connectivity index (χ1n) is 10.4. The second-order valence-electron chi connectivity index (χ2n) is 8.26. The molecular formula is C21H43NO2Sn. The molecule has 0 saturated heterocycles. The topological polar surface area (TPSA) is 38.3 Å². The fourth-order valence-electron chi connectivity index (χ4n) is 3.48. The zero-order valence-electron chi connectivity index (χ0n) is 18.0. The molecule has 0 aliphatic rings. The average Bonchev–Trinajstić information content (AvgIpc) is 2.54. The monoisotopic (exact) mass is 461 g/mol. The number of carbonyl (C=O) groups is 1. The zero-order chi connectivity index (χ0) is 19.3. The summed E-state index contributed by atoms with van der Waals surface area (Å²) in [4.78, 5) is 12.1. The maximum atomic E-state index is 12.1. The third kappa shape index (κ3) is 10.5. The number of hydrogen-bond donors (Lipinski definition) is 1. The molecule has 0 aliphatic carbocycles. The molecule has 3 nitrogen and oxygen atoms in total. The van der Waals surface area contributed by atoms with Gasteiger partial charge in [-0.25, -0.2) is 0 Å². The van der Waals surface area contributed by atoms with Crippen LogP contribution in [0, 0.1) is 0 Å². The summed E-state index contributed by atoms with van der Waals surface area (Å²) >= 11 is -2.42. The van der Waals surface area contributed by atoms with Gasteiger partial charge < -0.3 is 0 Å². The molecule has 0 aliphatic heterocycles. The fourth-order valence-corrected chi connectivity index (χ4v) is 20.3. The summed E-state index contributed by atoms with van der Waals surface area (Å²) < 4.78 is 11.3. The zero-order valence-corrected chi connectivity index (χ0v) is 20.8. The predicted octanol–water partition coefficient (Wildman–Crippen LogP) is 6.85. The van der Waals surface area contributed by atoms with E-state index in [0.29, 0.717) is 6.54 Å². The van der Waals surface area contributed by atoms with Crippen LogP contribution in [0.5, 0.6) is 0 Å². The van der Waals surface area contributed by atoms with E-state index < -0.39 is 24.0 Å². The quantitative estimate of drug-likeness (QED) is 0.324. The summed E-state index contributed by atoms with van der Waals surface area (Å²) in [7, 11) is 0. The molecule has 1 N–H and O–H groups in total. The number of alkyl carbamates (subject to hydrolysis) is 1. The first kappa shape index (κ1) is 24.8. The normalized spacial score (nSPS) is 13.0. The Hall–Kier alpha value is -0.191. The van der Waals surface area contributed by atoms with Gasteiger partial charge in [0.05, 0.1) is 0 Å². The first-order chi connectivity index (χ1) is 11.7. The number of hydrogen-bond acceptors (Lipinski definition) is 2. The van der Waals surface area contributed by atoms with Gasteiger partial charge in [0.1, 0.15) is 0 Å². The Bertz CT molecular complexity index is 377. The van der Waals surface area contributed by atoms with Gasteiger partial charge >= 0.3 is 161 Å². The predicted molar refractivity (Wildman–Crippen MR) is 113 cm³/mol. The van der Waals surface area contributed by atoms with Crippen molar-refractivity contribution in [2.45, 2.75) is 106 Å². The van der Waals surface area contributed by atoms with Crippen molar-refractivity contribution in [3.05, 3.63) is 9.67 Å². The van der Waals surface area contributed by atoms with Crippen LogP contribution in [-0.4, -0.2) is 36.6 Å². The van der Waals surface area contributed by atoms with E-state index >= 15 is 0 Å². The van der Waals surface area contributed by atoms with Crippen LogP contribution < -0.4 is 5.32 Å². The summed E-state index contributed by atoms with van der Waals surface area (Å²) in [6, 6.07) is 0. The molecular weight excluding hydrogens is 417 g/mol. The van der Waals surface area contributed by atoms with Gasteiger partial charge in [-0.3, -0.25) is 0 Å². The number of amides is 1. The molecule has 0 fully saturated rings. The molecule has 1 amide bonds. The summed E-state index contributed by atoms with van der Waals surface area (Å²) in [6.07, 6.45) is 9.88. The van der Waals surface area contributed by atoms with Crippen molar-refractivity contribution in [3.8, 4) is 0 Å². The van der Waals surface area contributed by atoms with Gasteiger partial charge in [-0.2, -0.15) is 0 Å². The standard InChI is InChI=1S/C9H16NO2.3C4H9.Sn/c1-5-6-7-10-8(11)12-9(2,3)4;3*1-3-4-2;/h5H,7H2,1-4H3,(H,10,11);3*1,3-4H2,2H3;. The summed E-state index contributed by atoms with van der Waals surface area (Å²) in [5.74, 6) is 0. The van der Waals surface area contributed by atoms with Gasteiger partial charge in [0.15, 0.2) is 0 Å². The first-order valence-corrected chi connectivity index (χ1v) is 17.8. The van der Waals surface area contributed by atoms with Crippen LogP contribution in [0.25, 0.3) is 0 Å². The Morgan fingerprint density at radius 1 is 0.960 bits per heavy atom. The fraction of sp³-hybridized carbons (Fsp3) is 0.857. The van der Waals surface area contributed by atoms with Crippen molar-refractivity contribution in [2.24, 2.45) is 0 Å². The molecule has 0 rings (SSSR count). The molecule has 25 heavy (non-hydrogen) atoms. The Morgan fingerprint density at radius 3 is 1.72 bits per heavy atom. The van der Waals surface area contributed by atoms with Crippen molar-refractivity contribution in [3.63, 3.8) is 0 Å². The molecule has 0 aromatic rings. The van der Waals surface area contributed by atoms with Crippen LogP contribution in [-0.2, 0) is 4.74 Å². The van der Waals surface area contributed by atoms with Crippen molar-refractivity contribution >= 4 is 24.5 Å². The Kier molecular flexibility index (Phi) is 12.9. The van der Waals surface area contributed by atoms with Crippen LogP contribution in [0.4, 0.5) is 4.79 Å². The van der Waals surface area contributed by atoms with Crippen LogP contribution in [0.3, 0.4) is 0 Å². The van der Waals surface area contributed by atoms with Gasteiger partial charge in [-0.1, -0.05) is 0 Å². The molecule has 0 aromatic carbocycles. The van der Waals surface area contributed by atoms with E-state index in [4.69, 9.17) is 4.74 Å². The van der Waals surface area contributed by atoms with E-state index in [2.05, 4.69) is 39.1 Å². The van der Waals surface area contributed by atoms with E-state index in [-0.39, 0.29) is 6.09 Å².